The number of anilines is 1. The first-order valence-electron chi connectivity index (χ1n) is 7.70. The van der Waals surface area contributed by atoms with Crippen molar-refractivity contribution in [1.82, 2.24) is 10.7 Å². The molecule has 3 amide bonds. The van der Waals surface area contributed by atoms with Gasteiger partial charge in [-0.1, -0.05) is 36.4 Å². The first kappa shape index (κ1) is 17.4. The summed E-state index contributed by atoms with van der Waals surface area (Å²) in [6.45, 7) is 0. The van der Waals surface area contributed by atoms with Crippen LogP contribution < -0.4 is 15.6 Å². The minimum absolute atomic E-state index is 0.00386. The van der Waals surface area contributed by atoms with Crippen LogP contribution in [-0.2, 0) is 9.59 Å². The summed E-state index contributed by atoms with van der Waals surface area (Å²) in [5.41, 5.74) is 3.25. The van der Waals surface area contributed by atoms with Crippen molar-refractivity contribution in [1.29, 1.82) is 0 Å². The van der Waals surface area contributed by atoms with Crippen LogP contribution in [0.1, 0.15) is 10.4 Å². The third-order valence-electron chi connectivity index (χ3n) is 3.64. The van der Waals surface area contributed by atoms with Crippen LogP contribution in [0.3, 0.4) is 0 Å². The molecule has 0 radical (unpaired) electrons. The molecule has 0 aromatic heterocycles. The second-order valence-corrected chi connectivity index (χ2v) is 5.75. The minimum atomic E-state index is -1.20. The highest BCUT2D eigenvalue weighted by Crippen LogP contribution is 2.19. The van der Waals surface area contributed by atoms with Crippen molar-refractivity contribution < 1.29 is 14.4 Å². The molecule has 1 saturated heterocycles. The maximum Gasteiger partial charge on any atom is 0.271 e. The largest absolute Gasteiger partial charge is 0.301 e. The number of thiocarbonyl (C=S) groups is 1. The van der Waals surface area contributed by atoms with Gasteiger partial charge in [-0.15, -0.1) is 0 Å². The molecule has 2 N–H and O–H groups in total. The van der Waals surface area contributed by atoms with Crippen molar-refractivity contribution in [3.8, 4) is 0 Å². The highest BCUT2D eigenvalue weighted by Gasteiger charge is 2.38. The lowest BCUT2D eigenvalue weighted by Gasteiger charge is -2.30. The SMILES string of the molecule is O=C(N/N=C/C1C(=O)NC(=S)N(c2ccccc2)C1=O)c1ccccc1. The molecule has 7 nitrogen and oxygen atoms in total. The topological polar surface area (TPSA) is 90.9 Å². The lowest BCUT2D eigenvalue weighted by molar-refractivity contribution is -0.130. The number of hydrogen-bond acceptors (Lipinski definition) is 5. The van der Waals surface area contributed by atoms with E-state index < -0.39 is 23.6 Å². The molecule has 0 spiro atoms. The molecule has 1 aliphatic rings. The molecule has 1 aliphatic heterocycles. The number of hydrogen-bond donors (Lipinski definition) is 2. The Labute approximate surface area is 154 Å². The van der Waals surface area contributed by atoms with Crippen molar-refractivity contribution in [2.75, 3.05) is 4.90 Å². The summed E-state index contributed by atoms with van der Waals surface area (Å²) in [7, 11) is 0. The van der Waals surface area contributed by atoms with Gasteiger partial charge >= 0.3 is 0 Å². The predicted octanol–water partition coefficient (Wildman–Crippen LogP) is 1.47. The number of nitrogens with zero attached hydrogens (tertiary/aromatic N) is 2. The van der Waals surface area contributed by atoms with Crippen molar-refractivity contribution in [3.05, 3.63) is 66.2 Å². The second-order valence-electron chi connectivity index (χ2n) is 5.37. The van der Waals surface area contributed by atoms with E-state index in [1.165, 1.54) is 4.90 Å². The summed E-state index contributed by atoms with van der Waals surface area (Å²) in [5.74, 6) is -2.77. The van der Waals surface area contributed by atoms with Gasteiger partial charge in [0, 0.05) is 11.8 Å². The van der Waals surface area contributed by atoms with Gasteiger partial charge in [0.05, 0.1) is 5.69 Å². The zero-order valence-corrected chi connectivity index (χ0v) is 14.3. The molecule has 1 fully saturated rings. The molecule has 0 aliphatic carbocycles. The third-order valence-corrected chi connectivity index (χ3v) is 3.93. The number of carbonyl (C=O) groups is 3. The zero-order chi connectivity index (χ0) is 18.5. The maximum absolute atomic E-state index is 12.7. The van der Waals surface area contributed by atoms with Crippen LogP contribution in [0.5, 0.6) is 0 Å². The average Bonchev–Trinajstić information content (AvgIpc) is 2.65. The second kappa shape index (κ2) is 7.66. The van der Waals surface area contributed by atoms with E-state index in [0.717, 1.165) is 6.21 Å². The van der Waals surface area contributed by atoms with Crippen LogP contribution in [0, 0.1) is 5.92 Å². The molecule has 26 heavy (non-hydrogen) atoms. The molecular formula is C18H14N4O3S. The molecule has 8 heteroatoms. The highest BCUT2D eigenvalue weighted by molar-refractivity contribution is 7.80. The standard InChI is InChI=1S/C18H14N4O3S/c23-15(12-7-3-1-4-8-12)21-19-11-14-16(24)20-18(26)22(17(14)25)13-9-5-2-6-10-13/h1-11,14H,(H,21,23)(H,20,24,26)/b19-11+. The zero-order valence-electron chi connectivity index (χ0n) is 13.5. The van der Waals surface area contributed by atoms with Gasteiger partial charge in [0.1, 0.15) is 0 Å². The highest BCUT2D eigenvalue weighted by atomic mass is 32.1. The minimum Gasteiger partial charge on any atom is -0.301 e. The Balaban J connectivity index is 1.74. The molecule has 2 aromatic rings. The number of rotatable bonds is 4. The fourth-order valence-corrected chi connectivity index (χ4v) is 2.66. The van der Waals surface area contributed by atoms with E-state index in [1.807, 2.05) is 0 Å². The van der Waals surface area contributed by atoms with Gasteiger partial charge in [0.2, 0.25) is 5.91 Å². The van der Waals surface area contributed by atoms with Gasteiger partial charge in [-0.25, -0.2) is 5.43 Å². The average molecular weight is 366 g/mol. The summed E-state index contributed by atoms with van der Waals surface area (Å²) >= 11 is 5.09. The number of amides is 3. The number of nitrogens with one attached hydrogen (secondary N) is 2. The van der Waals surface area contributed by atoms with E-state index >= 15 is 0 Å². The van der Waals surface area contributed by atoms with E-state index in [4.69, 9.17) is 12.2 Å². The summed E-state index contributed by atoms with van der Waals surface area (Å²) in [4.78, 5) is 37.9. The molecule has 3 rings (SSSR count). The van der Waals surface area contributed by atoms with Crippen LogP contribution >= 0.6 is 12.2 Å². The van der Waals surface area contributed by atoms with Gasteiger partial charge < -0.3 is 5.32 Å². The Kier molecular flexibility index (Phi) is 5.14. The van der Waals surface area contributed by atoms with Crippen molar-refractivity contribution >= 4 is 47.0 Å². The normalized spacial score (nSPS) is 17.3. The van der Waals surface area contributed by atoms with E-state index in [0.29, 0.717) is 11.3 Å². The van der Waals surface area contributed by atoms with Gasteiger partial charge in [0.15, 0.2) is 11.0 Å². The van der Waals surface area contributed by atoms with Crippen LogP contribution in [0.4, 0.5) is 5.69 Å². The Hall–Kier alpha value is -3.39. The monoisotopic (exact) mass is 366 g/mol. The van der Waals surface area contributed by atoms with Gasteiger partial charge in [-0.05, 0) is 36.5 Å². The quantitative estimate of drug-likeness (QED) is 0.371. The Morgan fingerprint density at radius 1 is 1.08 bits per heavy atom. The first-order chi connectivity index (χ1) is 12.6. The third kappa shape index (κ3) is 3.65. The Morgan fingerprint density at radius 3 is 2.35 bits per heavy atom. The molecule has 0 saturated carbocycles. The van der Waals surface area contributed by atoms with Gasteiger partial charge in [-0.3, -0.25) is 19.3 Å². The smallest absolute Gasteiger partial charge is 0.271 e. The summed E-state index contributed by atoms with van der Waals surface area (Å²) in [6.07, 6.45) is 1.09. The van der Waals surface area contributed by atoms with Crippen LogP contribution in [0.2, 0.25) is 0 Å². The molecule has 130 valence electrons. The molecular weight excluding hydrogens is 352 g/mol. The van der Waals surface area contributed by atoms with Crippen LogP contribution in [-0.4, -0.2) is 29.0 Å². The van der Waals surface area contributed by atoms with Gasteiger partial charge in [-0.2, -0.15) is 5.10 Å². The van der Waals surface area contributed by atoms with Gasteiger partial charge in [0.25, 0.3) is 11.8 Å². The van der Waals surface area contributed by atoms with Crippen LogP contribution in [0.15, 0.2) is 65.8 Å². The number of para-hydroxylation sites is 1. The first-order valence-corrected chi connectivity index (χ1v) is 8.11. The van der Waals surface area contributed by atoms with Crippen molar-refractivity contribution in [2.45, 2.75) is 0 Å². The summed E-state index contributed by atoms with van der Waals surface area (Å²) < 4.78 is 0. The van der Waals surface area contributed by atoms with E-state index in [1.54, 1.807) is 60.7 Å². The Bertz CT molecular complexity index is 884. The molecule has 1 atom stereocenters. The predicted molar refractivity (Wildman–Crippen MR) is 101 cm³/mol. The lowest BCUT2D eigenvalue weighted by atomic mass is 10.1. The molecule has 1 unspecified atom stereocenters. The number of benzene rings is 2. The molecule has 2 aromatic carbocycles. The lowest BCUT2D eigenvalue weighted by Crippen LogP contribution is -2.58. The molecule has 0 bridgehead atoms. The maximum atomic E-state index is 12.7. The van der Waals surface area contributed by atoms with Crippen LogP contribution in [0.25, 0.3) is 0 Å². The Morgan fingerprint density at radius 2 is 1.69 bits per heavy atom. The van der Waals surface area contributed by atoms with E-state index in [2.05, 4.69) is 15.8 Å². The summed E-state index contributed by atoms with van der Waals surface area (Å²) in [6, 6.07) is 17.2. The van der Waals surface area contributed by atoms with Crippen molar-refractivity contribution in [2.24, 2.45) is 11.0 Å². The van der Waals surface area contributed by atoms with E-state index in [-0.39, 0.29) is 5.11 Å². The van der Waals surface area contributed by atoms with Crippen molar-refractivity contribution in [3.63, 3.8) is 0 Å². The molecule has 1 heterocycles. The van der Waals surface area contributed by atoms with E-state index in [9.17, 15) is 14.4 Å². The fourth-order valence-electron chi connectivity index (χ4n) is 2.37. The summed E-state index contributed by atoms with van der Waals surface area (Å²) in [5, 5.41) is 6.22. The number of hydrazone groups is 1. The fraction of sp³-hybridized carbons (Fsp3) is 0.0556. The number of carbonyl (C=O) groups excluding carboxylic acids is 3.